The molecule has 1 saturated heterocycles. The van der Waals surface area contributed by atoms with Gasteiger partial charge >= 0.3 is 0 Å². The number of fused-ring (bicyclic) bond motifs is 1. The Hall–Kier alpha value is -4.73. The first kappa shape index (κ1) is 25.4. The number of nitrogens with zero attached hydrogens (tertiary/aromatic N) is 4. The van der Waals surface area contributed by atoms with E-state index in [1.807, 2.05) is 30.3 Å². The Balaban J connectivity index is 0.000000245. The van der Waals surface area contributed by atoms with Gasteiger partial charge in [0.1, 0.15) is 11.6 Å². The lowest BCUT2D eigenvalue weighted by Gasteiger charge is -2.27. The summed E-state index contributed by atoms with van der Waals surface area (Å²) in [7, 11) is 1.57. The van der Waals surface area contributed by atoms with E-state index in [1.54, 1.807) is 43.8 Å². The average molecular weight is 500 g/mol. The van der Waals surface area contributed by atoms with E-state index in [0.29, 0.717) is 11.4 Å². The van der Waals surface area contributed by atoms with Crippen molar-refractivity contribution in [2.75, 3.05) is 30.4 Å². The van der Waals surface area contributed by atoms with Crippen LogP contribution in [-0.2, 0) is 0 Å². The van der Waals surface area contributed by atoms with Gasteiger partial charge in [0.05, 0.1) is 18.8 Å². The quantitative estimate of drug-likeness (QED) is 0.364. The van der Waals surface area contributed by atoms with Crippen molar-refractivity contribution < 1.29 is 14.3 Å². The van der Waals surface area contributed by atoms with E-state index in [-0.39, 0.29) is 5.69 Å². The van der Waals surface area contributed by atoms with E-state index in [0.717, 1.165) is 54.1 Å². The molecule has 10 heteroatoms. The highest BCUT2D eigenvalue weighted by atomic mass is 16.5. The third kappa shape index (κ3) is 6.49. The Labute approximate surface area is 214 Å². The Morgan fingerprint density at radius 1 is 0.946 bits per heavy atom. The van der Waals surface area contributed by atoms with Crippen molar-refractivity contribution in [3.63, 3.8) is 0 Å². The fourth-order valence-electron chi connectivity index (χ4n) is 3.97. The number of primary amides is 2. The largest absolute Gasteiger partial charge is 0.497 e. The Bertz CT molecular complexity index is 1390. The van der Waals surface area contributed by atoms with Crippen LogP contribution in [0.15, 0.2) is 67.0 Å². The lowest BCUT2D eigenvalue weighted by molar-refractivity contribution is 0.0989. The summed E-state index contributed by atoms with van der Waals surface area (Å²) in [5, 5.41) is 4.19. The number of benzene rings is 2. The van der Waals surface area contributed by atoms with E-state index in [4.69, 9.17) is 16.2 Å². The number of nitrogens with one attached hydrogen (secondary N) is 1. The number of carbonyl (C=O) groups is 2. The zero-order valence-electron chi connectivity index (χ0n) is 20.6. The summed E-state index contributed by atoms with van der Waals surface area (Å²) in [5.41, 5.74) is 12.8. The van der Waals surface area contributed by atoms with Gasteiger partial charge in [0.15, 0.2) is 11.5 Å². The molecule has 0 spiro atoms. The molecule has 0 bridgehead atoms. The van der Waals surface area contributed by atoms with Crippen LogP contribution >= 0.6 is 0 Å². The number of nitrogens with two attached hydrogens (primary N) is 2. The number of hydrogen-bond acceptors (Lipinski definition) is 8. The summed E-state index contributed by atoms with van der Waals surface area (Å²) in [6, 6.07) is 16.3. The molecule has 5 N–H and O–H groups in total. The molecule has 0 radical (unpaired) electrons. The zero-order valence-corrected chi connectivity index (χ0v) is 20.6. The predicted octanol–water partition coefficient (Wildman–Crippen LogP) is 3.65. The molecule has 0 aliphatic carbocycles. The van der Waals surface area contributed by atoms with Crippen LogP contribution in [0.3, 0.4) is 0 Å². The van der Waals surface area contributed by atoms with Gasteiger partial charge in [-0.15, -0.1) is 0 Å². The van der Waals surface area contributed by atoms with Crippen molar-refractivity contribution in [1.29, 1.82) is 0 Å². The normalized spacial score (nSPS) is 12.8. The fourth-order valence-corrected chi connectivity index (χ4v) is 3.97. The fraction of sp³-hybridized carbons (Fsp3) is 0.222. The molecule has 4 aromatic rings. The molecule has 10 nitrogen and oxygen atoms in total. The molecule has 1 fully saturated rings. The topological polar surface area (TPSA) is 149 Å². The second-order valence-electron chi connectivity index (χ2n) is 8.47. The van der Waals surface area contributed by atoms with Gasteiger partial charge in [0.25, 0.3) is 5.91 Å². The molecule has 2 amide bonds. The maximum Gasteiger partial charge on any atom is 0.271 e. The molecular formula is C27H29N7O3. The second kappa shape index (κ2) is 11.8. The molecule has 37 heavy (non-hydrogen) atoms. The lowest BCUT2D eigenvalue weighted by atomic mass is 10.1. The first-order valence-corrected chi connectivity index (χ1v) is 11.9. The minimum atomic E-state index is -0.604. The molecule has 2 aromatic heterocycles. The van der Waals surface area contributed by atoms with Gasteiger partial charge in [-0.2, -0.15) is 0 Å². The molecule has 1 aliphatic heterocycles. The first-order valence-electron chi connectivity index (χ1n) is 11.9. The molecule has 0 atom stereocenters. The van der Waals surface area contributed by atoms with Gasteiger partial charge in [-0.05, 0) is 67.8 Å². The van der Waals surface area contributed by atoms with Crippen LogP contribution in [0.2, 0.25) is 0 Å². The molecule has 1 aliphatic rings. The molecule has 0 saturated carbocycles. The molecular weight excluding hydrogens is 470 g/mol. The highest BCUT2D eigenvalue weighted by molar-refractivity contribution is 5.96. The Kier molecular flexibility index (Phi) is 8.09. The van der Waals surface area contributed by atoms with Gasteiger partial charge < -0.3 is 26.4 Å². The minimum Gasteiger partial charge on any atom is -0.497 e. The third-order valence-corrected chi connectivity index (χ3v) is 5.91. The number of rotatable bonds is 6. The summed E-state index contributed by atoms with van der Waals surface area (Å²) in [6.45, 7) is 1.90. The second-order valence-corrected chi connectivity index (χ2v) is 8.47. The number of amides is 2. The van der Waals surface area contributed by atoms with Crippen LogP contribution in [0.4, 0.5) is 17.3 Å². The lowest BCUT2D eigenvalue weighted by Crippen LogP contribution is -2.31. The SMILES string of the molecule is COc1ccc(C(N)=O)cc1.NC(=O)c1ncc(N2CCCCC2)nc1Nc1ccc2ncccc2c1. The van der Waals surface area contributed by atoms with Crippen LogP contribution in [0, 0.1) is 0 Å². The Morgan fingerprint density at radius 2 is 1.70 bits per heavy atom. The van der Waals surface area contributed by atoms with Crippen LogP contribution in [0.1, 0.15) is 40.1 Å². The molecule has 5 rings (SSSR count). The van der Waals surface area contributed by atoms with Crippen LogP contribution in [0.5, 0.6) is 5.75 Å². The van der Waals surface area contributed by atoms with Crippen molar-refractivity contribution in [2.45, 2.75) is 19.3 Å². The zero-order chi connectivity index (χ0) is 26.2. The van der Waals surface area contributed by atoms with E-state index < -0.39 is 11.8 Å². The first-order chi connectivity index (χ1) is 17.9. The monoisotopic (exact) mass is 499 g/mol. The van der Waals surface area contributed by atoms with Gasteiger partial charge in [-0.1, -0.05) is 6.07 Å². The number of carbonyl (C=O) groups excluding carboxylic acids is 2. The third-order valence-electron chi connectivity index (χ3n) is 5.91. The van der Waals surface area contributed by atoms with Gasteiger partial charge in [-0.25, -0.2) is 9.97 Å². The standard InChI is InChI=1S/C19H20N6O.C8H9NO2/c20-18(26)17-19(24-16(12-22-17)25-9-2-1-3-10-25)23-14-6-7-15-13(11-14)5-4-8-21-15;1-11-7-4-2-6(3-5-7)8(9)10/h4-8,11-12H,1-3,9-10H2,(H2,20,26)(H,23,24);2-5H,1H3,(H2,9,10). The van der Waals surface area contributed by atoms with Gasteiger partial charge in [-0.3, -0.25) is 14.6 Å². The van der Waals surface area contributed by atoms with E-state index in [9.17, 15) is 9.59 Å². The molecule has 0 unspecified atom stereocenters. The van der Waals surface area contributed by atoms with Gasteiger partial charge in [0.2, 0.25) is 5.91 Å². The van der Waals surface area contributed by atoms with E-state index in [1.165, 1.54) is 6.42 Å². The number of methoxy groups -OCH3 is 1. The van der Waals surface area contributed by atoms with E-state index >= 15 is 0 Å². The van der Waals surface area contributed by atoms with Crippen LogP contribution in [-0.4, -0.2) is 47.0 Å². The molecule has 3 heterocycles. The number of pyridine rings is 1. The number of piperidine rings is 1. The number of aromatic nitrogens is 3. The van der Waals surface area contributed by atoms with Crippen molar-refractivity contribution in [2.24, 2.45) is 11.5 Å². The van der Waals surface area contributed by atoms with Crippen LogP contribution < -0.4 is 26.4 Å². The predicted molar refractivity (Wildman–Crippen MR) is 143 cm³/mol. The summed E-state index contributed by atoms with van der Waals surface area (Å²) in [6.07, 6.45) is 6.90. The molecule has 2 aromatic carbocycles. The summed E-state index contributed by atoms with van der Waals surface area (Å²) in [5.74, 6) is 0.832. The summed E-state index contributed by atoms with van der Waals surface area (Å²) in [4.78, 5) is 37.7. The molecule has 190 valence electrons. The minimum absolute atomic E-state index is 0.136. The van der Waals surface area contributed by atoms with Gasteiger partial charge in [0, 0.05) is 35.9 Å². The average Bonchev–Trinajstić information content (AvgIpc) is 2.93. The van der Waals surface area contributed by atoms with Crippen LogP contribution in [0.25, 0.3) is 10.9 Å². The van der Waals surface area contributed by atoms with Crippen molar-refractivity contribution in [3.8, 4) is 5.75 Å². The van der Waals surface area contributed by atoms with Crippen molar-refractivity contribution in [1.82, 2.24) is 15.0 Å². The number of anilines is 3. The Morgan fingerprint density at radius 3 is 2.38 bits per heavy atom. The smallest absolute Gasteiger partial charge is 0.271 e. The maximum atomic E-state index is 11.8. The van der Waals surface area contributed by atoms with E-state index in [2.05, 4.69) is 25.2 Å². The maximum absolute atomic E-state index is 11.8. The number of ether oxygens (including phenoxy) is 1. The van der Waals surface area contributed by atoms with Crippen molar-refractivity contribution >= 4 is 40.0 Å². The van der Waals surface area contributed by atoms with Crippen molar-refractivity contribution in [3.05, 3.63) is 78.2 Å². The highest BCUT2D eigenvalue weighted by Crippen LogP contribution is 2.25. The summed E-state index contributed by atoms with van der Waals surface area (Å²) >= 11 is 0. The number of hydrogen-bond donors (Lipinski definition) is 3. The summed E-state index contributed by atoms with van der Waals surface area (Å²) < 4.78 is 4.90. The highest BCUT2D eigenvalue weighted by Gasteiger charge is 2.18.